The van der Waals surface area contributed by atoms with Crippen molar-refractivity contribution < 1.29 is 9.72 Å². The maximum atomic E-state index is 12.4. The molecule has 0 aromatic carbocycles. The van der Waals surface area contributed by atoms with Gasteiger partial charge in [-0.1, -0.05) is 12.8 Å². The molecule has 1 amide bonds. The van der Waals surface area contributed by atoms with Gasteiger partial charge in [0.2, 0.25) is 0 Å². The van der Waals surface area contributed by atoms with Gasteiger partial charge in [-0.05, 0) is 32.2 Å². The Labute approximate surface area is 123 Å². The van der Waals surface area contributed by atoms with Gasteiger partial charge in [-0.3, -0.25) is 14.9 Å². The highest BCUT2D eigenvalue weighted by atomic mass is 16.6. The third kappa shape index (κ3) is 3.41. The monoisotopic (exact) mass is 294 g/mol. The van der Waals surface area contributed by atoms with E-state index in [1.165, 1.54) is 12.3 Å². The van der Waals surface area contributed by atoms with Gasteiger partial charge in [0.1, 0.15) is 5.69 Å². The molecule has 7 nitrogen and oxygen atoms in total. The lowest BCUT2D eigenvalue weighted by Gasteiger charge is -2.31. The second-order valence-corrected chi connectivity index (χ2v) is 5.49. The number of nitrogens with zero attached hydrogens (tertiary/aromatic N) is 2. The highest BCUT2D eigenvalue weighted by Gasteiger charge is 2.27. The Hall–Kier alpha value is -1.89. The fourth-order valence-electron chi connectivity index (χ4n) is 2.97. The van der Waals surface area contributed by atoms with Crippen molar-refractivity contribution in [1.82, 2.24) is 9.88 Å². The molecule has 0 saturated heterocycles. The van der Waals surface area contributed by atoms with Crippen LogP contribution in [0.1, 0.15) is 43.1 Å². The normalized spacial score (nSPS) is 22.0. The summed E-state index contributed by atoms with van der Waals surface area (Å²) in [5.41, 5.74) is 6.05. The van der Waals surface area contributed by atoms with Crippen molar-refractivity contribution in [2.24, 2.45) is 11.7 Å². The molecular formula is C14H22N4O3. The van der Waals surface area contributed by atoms with Crippen molar-refractivity contribution >= 4 is 11.6 Å². The van der Waals surface area contributed by atoms with Crippen LogP contribution in [0.3, 0.4) is 0 Å². The molecule has 2 unspecified atom stereocenters. The Balaban J connectivity index is 2.14. The average Bonchev–Trinajstić information content (AvgIpc) is 2.92. The number of hydrogen-bond donors (Lipinski definition) is 2. The molecule has 1 saturated carbocycles. The molecule has 0 radical (unpaired) electrons. The SMILES string of the molecule is CCn1cc([N+](=O)[O-])cc1C(=O)NC1CCCCC1CN. The largest absolute Gasteiger partial charge is 0.348 e. The second-order valence-electron chi connectivity index (χ2n) is 5.49. The van der Waals surface area contributed by atoms with Gasteiger partial charge in [0.15, 0.2) is 0 Å². The summed E-state index contributed by atoms with van der Waals surface area (Å²) in [5.74, 6) is 0.0398. The summed E-state index contributed by atoms with van der Waals surface area (Å²) in [4.78, 5) is 22.8. The zero-order chi connectivity index (χ0) is 15.4. The Bertz CT molecular complexity index is 526. The van der Waals surface area contributed by atoms with Crippen LogP contribution in [0.15, 0.2) is 12.3 Å². The highest BCUT2D eigenvalue weighted by molar-refractivity contribution is 5.93. The quantitative estimate of drug-likeness (QED) is 0.636. The number of hydrogen-bond acceptors (Lipinski definition) is 4. The van der Waals surface area contributed by atoms with Crippen LogP contribution in [-0.2, 0) is 6.54 Å². The van der Waals surface area contributed by atoms with Crippen LogP contribution in [0.25, 0.3) is 0 Å². The predicted octanol–water partition coefficient (Wildman–Crippen LogP) is 1.66. The smallest absolute Gasteiger partial charge is 0.287 e. The van der Waals surface area contributed by atoms with Gasteiger partial charge in [0.25, 0.3) is 11.6 Å². The summed E-state index contributed by atoms with van der Waals surface area (Å²) in [6.07, 6.45) is 5.57. The number of rotatable bonds is 5. The zero-order valence-corrected chi connectivity index (χ0v) is 12.2. The van der Waals surface area contributed by atoms with Gasteiger partial charge in [-0.15, -0.1) is 0 Å². The molecule has 0 aliphatic heterocycles. The van der Waals surface area contributed by atoms with E-state index in [0.717, 1.165) is 25.7 Å². The van der Waals surface area contributed by atoms with Gasteiger partial charge >= 0.3 is 0 Å². The maximum Gasteiger partial charge on any atom is 0.287 e. The molecule has 3 N–H and O–H groups in total. The molecule has 0 spiro atoms. The van der Waals surface area contributed by atoms with E-state index < -0.39 is 4.92 Å². The summed E-state index contributed by atoms with van der Waals surface area (Å²) in [6.45, 7) is 2.92. The standard InChI is InChI=1S/C14H22N4O3/c1-2-17-9-11(18(20)21)7-13(17)14(19)16-12-6-4-3-5-10(12)8-15/h7,9-10,12H,2-6,8,15H2,1H3,(H,16,19). The van der Waals surface area contributed by atoms with E-state index >= 15 is 0 Å². The Morgan fingerprint density at radius 3 is 2.86 bits per heavy atom. The first-order valence-electron chi connectivity index (χ1n) is 7.42. The van der Waals surface area contributed by atoms with E-state index in [0.29, 0.717) is 24.7 Å². The number of carbonyl (C=O) groups is 1. The van der Waals surface area contributed by atoms with Crippen molar-refractivity contribution in [3.8, 4) is 0 Å². The molecule has 1 heterocycles. The Morgan fingerprint density at radius 1 is 1.52 bits per heavy atom. The fourth-order valence-corrected chi connectivity index (χ4v) is 2.97. The number of aryl methyl sites for hydroxylation is 1. The van der Waals surface area contributed by atoms with E-state index in [2.05, 4.69) is 5.32 Å². The molecule has 7 heteroatoms. The van der Waals surface area contributed by atoms with Crippen LogP contribution in [0.5, 0.6) is 0 Å². The molecule has 1 fully saturated rings. The van der Waals surface area contributed by atoms with Crippen molar-refractivity contribution in [3.05, 3.63) is 28.1 Å². The molecule has 1 aliphatic rings. The van der Waals surface area contributed by atoms with Crippen molar-refractivity contribution in [2.75, 3.05) is 6.54 Å². The van der Waals surface area contributed by atoms with E-state index in [1.807, 2.05) is 6.92 Å². The molecule has 2 rings (SSSR count). The van der Waals surface area contributed by atoms with Crippen LogP contribution >= 0.6 is 0 Å². The lowest BCUT2D eigenvalue weighted by molar-refractivity contribution is -0.384. The first kappa shape index (κ1) is 15.5. The van der Waals surface area contributed by atoms with Gasteiger partial charge in [-0.25, -0.2) is 0 Å². The summed E-state index contributed by atoms with van der Waals surface area (Å²) >= 11 is 0. The van der Waals surface area contributed by atoms with E-state index in [4.69, 9.17) is 5.73 Å². The highest BCUT2D eigenvalue weighted by Crippen LogP contribution is 2.24. The number of aromatic nitrogens is 1. The molecule has 0 bridgehead atoms. The minimum Gasteiger partial charge on any atom is -0.348 e. The maximum absolute atomic E-state index is 12.4. The summed E-state index contributed by atoms with van der Waals surface area (Å²) in [5, 5.41) is 13.8. The number of nitrogens with one attached hydrogen (secondary N) is 1. The average molecular weight is 294 g/mol. The Morgan fingerprint density at radius 2 is 2.24 bits per heavy atom. The van der Waals surface area contributed by atoms with Crippen LogP contribution in [0, 0.1) is 16.0 Å². The fraction of sp³-hybridized carbons (Fsp3) is 0.643. The zero-order valence-electron chi connectivity index (χ0n) is 12.2. The third-order valence-electron chi connectivity index (χ3n) is 4.19. The molecule has 21 heavy (non-hydrogen) atoms. The van der Waals surface area contributed by atoms with Gasteiger partial charge in [0, 0.05) is 18.7 Å². The first-order chi connectivity index (χ1) is 10.1. The minimum atomic E-state index is -0.480. The first-order valence-corrected chi connectivity index (χ1v) is 7.42. The summed E-state index contributed by atoms with van der Waals surface area (Å²) in [7, 11) is 0. The van der Waals surface area contributed by atoms with Crippen LogP contribution in [0.2, 0.25) is 0 Å². The number of nitro groups is 1. The van der Waals surface area contributed by atoms with Crippen molar-refractivity contribution in [1.29, 1.82) is 0 Å². The molecule has 116 valence electrons. The summed E-state index contributed by atoms with van der Waals surface area (Å²) < 4.78 is 1.60. The third-order valence-corrected chi connectivity index (χ3v) is 4.19. The molecule has 1 aliphatic carbocycles. The number of amides is 1. The molecular weight excluding hydrogens is 272 g/mol. The lowest BCUT2D eigenvalue weighted by atomic mass is 9.84. The van der Waals surface area contributed by atoms with Crippen molar-refractivity contribution in [3.63, 3.8) is 0 Å². The molecule has 1 aromatic heterocycles. The topological polar surface area (TPSA) is 103 Å². The van der Waals surface area contributed by atoms with Crippen LogP contribution < -0.4 is 11.1 Å². The molecule has 2 atom stereocenters. The minimum absolute atomic E-state index is 0.0546. The van der Waals surface area contributed by atoms with Crippen LogP contribution in [0.4, 0.5) is 5.69 Å². The number of nitrogens with two attached hydrogens (primary N) is 1. The van der Waals surface area contributed by atoms with E-state index in [9.17, 15) is 14.9 Å². The molecule has 1 aromatic rings. The summed E-state index contributed by atoms with van der Waals surface area (Å²) in [6, 6.07) is 1.40. The van der Waals surface area contributed by atoms with E-state index in [1.54, 1.807) is 4.57 Å². The van der Waals surface area contributed by atoms with E-state index in [-0.39, 0.29) is 17.6 Å². The van der Waals surface area contributed by atoms with Gasteiger partial charge in [0.05, 0.1) is 11.1 Å². The predicted molar refractivity (Wildman–Crippen MR) is 79.0 cm³/mol. The second kappa shape index (κ2) is 6.71. The lowest BCUT2D eigenvalue weighted by Crippen LogP contribution is -2.45. The Kier molecular flexibility index (Phi) is 4.95. The van der Waals surface area contributed by atoms with Gasteiger partial charge in [-0.2, -0.15) is 0 Å². The van der Waals surface area contributed by atoms with Crippen LogP contribution in [-0.4, -0.2) is 28.0 Å². The number of carbonyl (C=O) groups excluding carboxylic acids is 1. The van der Waals surface area contributed by atoms with Crippen molar-refractivity contribution in [2.45, 2.75) is 45.2 Å². The van der Waals surface area contributed by atoms with Gasteiger partial charge < -0.3 is 15.6 Å².